The van der Waals surface area contributed by atoms with Gasteiger partial charge < -0.3 is 4.74 Å². The summed E-state index contributed by atoms with van der Waals surface area (Å²) in [7, 11) is 0. The van der Waals surface area contributed by atoms with E-state index in [2.05, 4.69) is 15.0 Å². The van der Waals surface area contributed by atoms with Crippen molar-refractivity contribution in [1.29, 1.82) is 0 Å². The Balaban J connectivity index is 2.31. The van der Waals surface area contributed by atoms with Crippen LogP contribution < -0.4 is 4.74 Å². The van der Waals surface area contributed by atoms with Crippen molar-refractivity contribution in [2.75, 3.05) is 6.61 Å². The van der Waals surface area contributed by atoms with E-state index in [1.54, 1.807) is 0 Å². The maximum Gasteiger partial charge on any atom is 0.416 e. The molecule has 0 bridgehead atoms. The molecule has 0 aliphatic heterocycles. The number of ether oxygens (including phenoxy) is 1. The van der Waals surface area contributed by atoms with Gasteiger partial charge in [0.05, 0.1) is 12.2 Å². The second-order valence-corrected chi connectivity index (χ2v) is 4.47. The fourth-order valence-corrected chi connectivity index (χ4v) is 1.68. The number of rotatable bonds is 4. The summed E-state index contributed by atoms with van der Waals surface area (Å²) >= 11 is 5.76. The minimum atomic E-state index is -4.38. The van der Waals surface area contributed by atoms with Gasteiger partial charge in [-0.05, 0) is 30.2 Å². The molecule has 8 heteroatoms. The molecule has 112 valence electrons. The Kier molecular flexibility index (Phi) is 4.62. The van der Waals surface area contributed by atoms with Gasteiger partial charge in [-0.15, -0.1) is 0 Å². The smallest absolute Gasteiger partial charge is 0.416 e. The third-order valence-electron chi connectivity index (χ3n) is 2.49. The maximum atomic E-state index is 12.5. The monoisotopic (exact) mass is 317 g/mol. The van der Waals surface area contributed by atoms with Crippen molar-refractivity contribution < 1.29 is 17.9 Å². The van der Waals surface area contributed by atoms with Crippen LogP contribution >= 0.6 is 11.6 Å². The van der Waals surface area contributed by atoms with Crippen LogP contribution in [-0.4, -0.2) is 21.6 Å². The lowest BCUT2D eigenvalue weighted by Crippen LogP contribution is -2.05. The fourth-order valence-electron chi connectivity index (χ4n) is 1.53. The standard InChI is InChI=1S/C13H11ClF3N3O/c1-2-7-21-12-19-10(18-11(14)20-12)8-3-5-9(6-4-8)13(15,16)17/h3-6H,2,7H2,1H3. The van der Waals surface area contributed by atoms with Gasteiger partial charge in [-0.3, -0.25) is 0 Å². The molecule has 4 nitrogen and oxygen atoms in total. The Hall–Kier alpha value is -1.89. The normalized spacial score (nSPS) is 11.5. The number of halogens is 4. The lowest BCUT2D eigenvalue weighted by atomic mass is 10.1. The highest BCUT2D eigenvalue weighted by molar-refractivity contribution is 6.28. The first-order valence-electron chi connectivity index (χ1n) is 6.12. The van der Waals surface area contributed by atoms with E-state index in [0.717, 1.165) is 18.6 Å². The number of benzene rings is 1. The van der Waals surface area contributed by atoms with Crippen LogP contribution in [0.1, 0.15) is 18.9 Å². The first-order valence-corrected chi connectivity index (χ1v) is 6.50. The molecule has 1 heterocycles. The van der Waals surface area contributed by atoms with Crippen LogP contribution in [0.25, 0.3) is 11.4 Å². The molecule has 0 aliphatic carbocycles. The second-order valence-electron chi connectivity index (χ2n) is 4.13. The third-order valence-corrected chi connectivity index (χ3v) is 2.66. The molecule has 2 aromatic rings. The molecule has 0 radical (unpaired) electrons. The Morgan fingerprint density at radius 1 is 1.10 bits per heavy atom. The lowest BCUT2D eigenvalue weighted by Gasteiger charge is -2.08. The summed E-state index contributed by atoms with van der Waals surface area (Å²) in [6.07, 6.45) is -3.62. The molecule has 0 spiro atoms. The Morgan fingerprint density at radius 2 is 1.76 bits per heavy atom. The van der Waals surface area contributed by atoms with Crippen molar-refractivity contribution in [3.63, 3.8) is 0 Å². The third kappa shape index (κ3) is 4.04. The SMILES string of the molecule is CCCOc1nc(Cl)nc(-c2ccc(C(F)(F)F)cc2)n1. The lowest BCUT2D eigenvalue weighted by molar-refractivity contribution is -0.137. The summed E-state index contributed by atoms with van der Waals surface area (Å²) in [5, 5.41) is -0.0778. The van der Waals surface area contributed by atoms with Crippen LogP contribution in [0.3, 0.4) is 0 Å². The van der Waals surface area contributed by atoms with E-state index in [9.17, 15) is 13.2 Å². The van der Waals surface area contributed by atoms with Crippen molar-refractivity contribution in [3.05, 3.63) is 35.1 Å². The minimum absolute atomic E-state index is 0.0479. The zero-order valence-electron chi connectivity index (χ0n) is 11.0. The molecule has 0 saturated heterocycles. The minimum Gasteiger partial charge on any atom is -0.463 e. The molecule has 0 unspecified atom stereocenters. The zero-order chi connectivity index (χ0) is 15.5. The van der Waals surface area contributed by atoms with Crippen molar-refractivity contribution in [1.82, 2.24) is 15.0 Å². The quantitative estimate of drug-likeness (QED) is 0.855. The summed E-state index contributed by atoms with van der Waals surface area (Å²) in [6.45, 7) is 2.33. The Morgan fingerprint density at radius 3 is 2.33 bits per heavy atom. The van der Waals surface area contributed by atoms with Gasteiger partial charge in [0, 0.05) is 5.56 Å². The van der Waals surface area contributed by atoms with Crippen LogP contribution in [0.15, 0.2) is 24.3 Å². The van der Waals surface area contributed by atoms with E-state index in [1.165, 1.54) is 12.1 Å². The largest absolute Gasteiger partial charge is 0.463 e. The van der Waals surface area contributed by atoms with Gasteiger partial charge in [-0.25, -0.2) is 0 Å². The molecular formula is C13H11ClF3N3O. The highest BCUT2D eigenvalue weighted by Crippen LogP contribution is 2.30. The highest BCUT2D eigenvalue weighted by atomic mass is 35.5. The van der Waals surface area contributed by atoms with E-state index in [4.69, 9.17) is 16.3 Å². The number of nitrogens with zero attached hydrogens (tertiary/aromatic N) is 3. The average Bonchev–Trinajstić information content (AvgIpc) is 2.44. The maximum absolute atomic E-state index is 12.5. The van der Waals surface area contributed by atoms with Gasteiger partial charge in [0.1, 0.15) is 0 Å². The molecule has 0 atom stereocenters. The summed E-state index contributed by atoms with van der Waals surface area (Å²) in [4.78, 5) is 11.7. The topological polar surface area (TPSA) is 47.9 Å². The molecule has 1 aromatic heterocycles. The van der Waals surface area contributed by atoms with Gasteiger partial charge >= 0.3 is 12.2 Å². The van der Waals surface area contributed by atoms with Gasteiger partial charge in [0.15, 0.2) is 5.82 Å². The number of hydrogen-bond acceptors (Lipinski definition) is 4. The first kappa shape index (κ1) is 15.5. The molecule has 0 aliphatic rings. The van der Waals surface area contributed by atoms with Crippen molar-refractivity contribution in [3.8, 4) is 17.4 Å². The fraction of sp³-hybridized carbons (Fsp3) is 0.308. The van der Waals surface area contributed by atoms with Crippen LogP contribution in [-0.2, 0) is 6.18 Å². The summed E-state index contributed by atoms with van der Waals surface area (Å²) in [5.74, 6) is 0.162. The average molecular weight is 318 g/mol. The van der Waals surface area contributed by atoms with Crippen LogP contribution in [0, 0.1) is 0 Å². The summed E-state index contributed by atoms with van der Waals surface area (Å²) < 4.78 is 42.8. The van der Waals surface area contributed by atoms with Crippen LogP contribution in [0.4, 0.5) is 13.2 Å². The molecular weight excluding hydrogens is 307 g/mol. The molecule has 2 rings (SSSR count). The Labute approximate surface area is 124 Å². The molecule has 0 saturated carbocycles. The first-order chi connectivity index (χ1) is 9.90. The molecule has 1 aromatic carbocycles. The van der Waals surface area contributed by atoms with Crippen molar-refractivity contribution >= 4 is 11.6 Å². The number of alkyl halides is 3. The van der Waals surface area contributed by atoms with E-state index in [0.29, 0.717) is 12.2 Å². The predicted molar refractivity (Wildman–Crippen MR) is 71.1 cm³/mol. The molecule has 0 fully saturated rings. The second kappa shape index (κ2) is 6.26. The highest BCUT2D eigenvalue weighted by Gasteiger charge is 2.30. The predicted octanol–water partition coefficient (Wildman–Crippen LogP) is 4.00. The van der Waals surface area contributed by atoms with E-state index >= 15 is 0 Å². The van der Waals surface area contributed by atoms with Gasteiger partial charge in [0.25, 0.3) is 0 Å². The van der Waals surface area contributed by atoms with E-state index < -0.39 is 11.7 Å². The van der Waals surface area contributed by atoms with Gasteiger partial charge in [-0.2, -0.15) is 28.1 Å². The zero-order valence-corrected chi connectivity index (χ0v) is 11.7. The van der Waals surface area contributed by atoms with E-state index in [-0.39, 0.29) is 17.1 Å². The van der Waals surface area contributed by atoms with Gasteiger partial charge in [0.2, 0.25) is 5.28 Å². The molecule has 0 amide bonds. The number of aromatic nitrogens is 3. The van der Waals surface area contributed by atoms with E-state index in [1.807, 2.05) is 6.92 Å². The number of hydrogen-bond donors (Lipinski definition) is 0. The summed E-state index contributed by atoms with van der Waals surface area (Å²) in [5.41, 5.74) is -0.345. The molecule has 0 N–H and O–H groups in total. The van der Waals surface area contributed by atoms with Gasteiger partial charge in [-0.1, -0.05) is 19.1 Å². The summed E-state index contributed by atoms with van der Waals surface area (Å²) in [6, 6.07) is 4.52. The molecule has 21 heavy (non-hydrogen) atoms. The van der Waals surface area contributed by atoms with Crippen molar-refractivity contribution in [2.24, 2.45) is 0 Å². The van der Waals surface area contributed by atoms with Crippen LogP contribution in [0.5, 0.6) is 6.01 Å². The van der Waals surface area contributed by atoms with Crippen LogP contribution in [0.2, 0.25) is 5.28 Å². The van der Waals surface area contributed by atoms with Crippen molar-refractivity contribution in [2.45, 2.75) is 19.5 Å². The Bertz CT molecular complexity index is 617.